The predicted octanol–water partition coefficient (Wildman–Crippen LogP) is 2.49. The van der Waals surface area contributed by atoms with Crippen molar-refractivity contribution < 1.29 is 4.79 Å². The molecule has 0 radical (unpaired) electrons. The molecule has 1 atom stereocenters. The molecule has 7 heteroatoms. The summed E-state index contributed by atoms with van der Waals surface area (Å²) < 4.78 is 0. The van der Waals surface area contributed by atoms with Crippen LogP contribution in [0.5, 0.6) is 0 Å². The Hall–Kier alpha value is -2.80. The van der Waals surface area contributed by atoms with Crippen molar-refractivity contribution in [1.82, 2.24) is 20.5 Å². The lowest BCUT2D eigenvalue weighted by molar-refractivity contribution is 0.0957. The van der Waals surface area contributed by atoms with Crippen molar-refractivity contribution in [2.75, 3.05) is 12.4 Å². The second-order valence-corrected chi connectivity index (χ2v) is 5.67. The SMILES string of the molecule is CNC(=O)c1ccc(NC(c2ccccc2)c2nccs2)nn1. The van der Waals surface area contributed by atoms with Crippen molar-refractivity contribution >= 4 is 23.1 Å². The first kappa shape index (κ1) is 15.1. The Labute approximate surface area is 137 Å². The molecule has 0 spiro atoms. The number of amides is 1. The number of aromatic nitrogens is 3. The average molecular weight is 325 g/mol. The second kappa shape index (κ2) is 6.97. The largest absolute Gasteiger partial charge is 0.355 e. The number of nitrogens with one attached hydrogen (secondary N) is 2. The minimum absolute atomic E-state index is 0.114. The molecule has 1 amide bonds. The van der Waals surface area contributed by atoms with Gasteiger partial charge in [0.1, 0.15) is 16.9 Å². The Kier molecular flexibility index (Phi) is 4.58. The maximum Gasteiger partial charge on any atom is 0.271 e. The number of carbonyl (C=O) groups is 1. The molecule has 0 aliphatic carbocycles. The fourth-order valence-electron chi connectivity index (χ4n) is 2.12. The van der Waals surface area contributed by atoms with Crippen LogP contribution in [-0.2, 0) is 0 Å². The van der Waals surface area contributed by atoms with Gasteiger partial charge in [-0.3, -0.25) is 4.79 Å². The van der Waals surface area contributed by atoms with E-state index in [4.69, 9.17) is 0 Å². The molecule has 6 nitrogen and oxygen atoms in total. The normalized spacial score (nSPS) is 11.7. The Morgan fingerprint density at radius 2 is 1.96 bits per heavy atom. The highest BCUT2D eigenvalue weighted by molar-refractivity contribution is 7.09. The summed E-state index contributed by atoms with van der Waals surface area (Å²) in [5, 5.41) is 16.7. The summed E-state index contributed by atoms with van der Waals surface area (Å²) in [7, 11) is 1.56. The minimum atomic E-state index is -0.261. The van der Waals surface area contributed by atoms with Gasteiger partial charge in [-0.15, -0.1) is 21.5 Å². The molecule has 1 unspecified atom stereocenters. The molecule has 23 heavy (non-hydrogen) atoms. The Bertz CT molecular complexity index is 759. The molecular weight excluding hydrogens is 310 g/mol. The average Bonchev–Trinajstić information content (AvgIpc) is 3.14. The molecule has 0 bridgehead atoms. The molecular formula is C16H15N5OS. The molecule has 116 valence electrons. The van der Waals surface area contributed by atoms with Gasteiger partial charge < -0.3 is 10.6 Å². The van der Waals surface area contributed by atoms with E-state index in [-0.39, 0.29) is 17.6 Å². The van der Waals surface area contributed by atoms with Crippen LogP contribution in [-0.4, -0.2) is 28.1 Å². The summed E-state index contributed by atoms with van der Waals surface area (Å²) in [6, 6.07) is 13.3. The van der Waals surface area contributed by atoms with Crippen molar-refractivity contribution in [3.05, 3.63) is 70.3 Å². The molecule has 2 heterocycles. The molecule has 0 saturated carbocycles. The second-order valence-electron chi connectivity index (χ2n) is 4.74. The number of thiazole rings is 1. The lowest BCUT2D eigenvalue weighted by Crippen LogP contribution is -2.20. The highest BCUT2D eigenvalue weighted by Gasteiger charge is 2.17. The zero-order chi connectivity index (χ0) is 16.1. The third-order valence-corrected chi connectivity index (χ3v) is 4.09. The molecule has 0 saturated heterocycles. The molecule has 2 aromatic heterocycles. The fourth-order valence-corrected chi connectivity index (χ4v) is 2.83. The molecule has 1 aromatic carbocycles. The number of hydrogen-bond acceptors (Lipinski definition) is 6. The van der Waals surface area contributed by atoms with Crippen molar-refractivity contribution in [2.45, 2.75) is 6.04 Å². The number of hydrogen-bond donors (Lipinski definition) is 2. The monoisotopic (exact) mass is 325 g/mol. The minimum Gasteiger partial charge on any atom is -0.355 e. The highest BCUT2D eigenvalue weighted by Crippen LogP contribution is 2.27. The summed E-state index contributed by atoms with van der Waals surface area (Å²) in [6.07, 6.45) is 1.78. The molecule has 0 aliphatic rings. The first-order valence-corrected chi connectivity index (χ1v) is 7.92. The van der Waals surface area contributed by atoms with Crippen LogP contribution in [0.3, 0.4) is 0 Å². The van der Waals surface area contributed by atoms with Crippen LogP contribution in [0.4, 0.5) is 5.82 Å². The summed E-state index contributed by atoms with van der Waals surface area (Å²) in [5.41, 5.74) is 1.36. The van der Waals surface area contributed by atoms with E-state index in [9.17, 15) is 4.79 Å². The van der Waals surface area contributed by atoms with Crippen LogP contribution in [0.2, 0.25) is 0 Å². The van der Waals surface area contributed by atoms with Gasteiger partial charge in [0.25, 0.3) is 5.91 Å². The van der Waals surface area contributed by atoms with E-state index < -0.39 is 0 Å². The first-order valence-electron chi connectivity index (χ1n) is 7.04. The number of nitrogens with zero attached hydrogens (tertiary/aromatic N) is 3. The predicted molar refractivity (Wildman–Crippen MR) is 89.4 cm³/mol. The van der Waals surface area contributed by atoms with Crippen molar-refractivity contribution in [3.8, 4) is 0 Å². The third-order valence-electron chi connectivity index (χ3n) is 3.25. The van der Waals surface area contributed by atoms with E-state index >= 15 is 0 Å². The van der Waals surface area contributed by atoms with Crippen LogP contribution in [0.1, 0.15) is 27.1 Å². The van der Waals surface area contributed by atoms with E-state index in [2.05, 4.69) is 25.8 Å². The summed E-state index contributed by atoms with van der Waals surface area (Å²) >= 11 is 1.57. The maximum absolute atomic E-state index is 11.5. The topological polar surface area (TPSA) is 79.8 Å². The van der Waals surface area contributed by atoms with Gasteiger partial charge in [-0.25, -0.2) is 4.98 Å². The van der Waals surface area contributed by atoms with Crippen molar-refractivity contribution in [2.24, 2.45) is 0 Å². The molecule has 0 fully saturated rings. The van der Waals surface area contributed by atoms with E-state index in [1.807, 2.05) is 35.7 Å². The van der Waals surface area contributed by atoms with Gasteiger partial charge in [-0.05, 0) is 17.7 Å². The highest BCUT2D eigenvalue weighted by atomic mass is 32.1. The number of rotatable bonds is 5. The van der Waals surface area contributed by atoms with Crippen LogP contribution in [0.15, 0.2) is 54.0 Å². The molecule has 2 N–H and O–H groups in total. The first-order chi connectivity index (χ1) is 11.3. The van der Waals surface area contributed by atoms with E-state index in [0.717, 1.165) is 10.6 Å². The van der Waals surface area contributed by atoms with Gasteiger partial charge >= 0.3 is 0 Å². The van der Waals surface area contributed by atoms with E-state index in [0.29, 0.717) is 5.82 Å². The standard InChI is InChI=1S/C16H15N5OS/c1-17-15(22)12-7-8-13(21-20-12)19-14(16-18-9-10-23-16)11-5-3-2-4-6-11/h2-10,14H,1H3,(H,17,22)(H,19,21). The van der Waals surface area contributed by atoms with Crippen LogP contribution in [0, 0.1) is 0 Å². The quantitative estimate of drug-likeness (QED) is 0.753. The smallest absolute Gasteiger partial charge is 0.271 e. The lowest BCUT2D eigenvalue weighted by Gasteiger charge is -2.17. The third kappa shape index (κ3) is 3.51. The van der Waals surface area contributed by atoms with Crippen LogP contribution >= 0.6 is 11.3 Å². The number of anilines is 1. The van der Waals surface area contributed by atoms with Crippen LogP contribution < -0.4 is 10.6 Å². The summed E-state index contributed by atoms with van der Waals surface area (Å²) in [4.78, 5) is 15.9. The Morgan fingerprint density at radius 1 is 1.13 bits per heavy atom. The Morgan fingerprint density at radius 3 is 2.57 bits per heavy atom. The summed E-state index contributed by atoms with van der Waals surface area (Å²) in [5.74, 6) is 0.324. The molecule has 0 aliphatic heterocycles. The number of benzene rings is 1. The van der Waals surface area contributed by atoms with Gasteiger partial charge in [0.15, 0.2) is 5.69 Å². The van der Waals surface area contributed by atoms with Gasteiger partial charge in [0.05, 0.1) is 0 Å². The molecule has 3 rings (SSSR count). The van der Waals surface area contributed by atoms with Gasteiger partial charge in [-0.2, -0.15) is 0 Å². The zero-order valence-electron chi connectivity index (χ0n) is 12.4. The maximum atomic E-state index is 11.5. The molecule has 3 aromatic rings. The van der Waals surface area contributed by atoms with Crippen molar-refractivity contribution in [3.63, 3.8) is 0 Å². The van der Waals surface area contributed by atoms with Crippen LogP contribution in [0.25, 0.3) is 0 Å². The van der Waals surface area contributed by atoms with Crippen molar-refractivity contribution in [1.29, 1.82) is 0 Å². The van der Waals surface area contributed by atoms with Gasteiger partial charge in [0.2, 0.25) is 0 Å². The summed E-state index contributed by atoms with van der Waals surface area (Å²) in [6.45, 7) is 0. The zero-order valence-corrected chi connectivity index (χ0v) is 13.2. The lowest BCUT2D eigenvalue weighted by atomic mass is 10.1. The Balaban J connectivity index is 1.86. The van der Waals surface area contributed by atoms with E-state index in [1.165, 1.54) is 0 Å². The van der Waals surface area contributed by atoms with E-state index in [1.54, 1.807) is 36.7 Å². The fraction of sp³-hybridized carbons (Fsp3) is 0.125. The van der Waals surface area contributed by atoms with Gasteiger partial charge in [-0.1, -0.05) is 30.3 Å². The number of carbonyl (C=O) groups excluding carboxylic acids is 1. The van der Waals surface area contributed by atoms with Gasteiger partial charge in [0, 0.05) is 18.6 Å².